The Morgan fingerprint density at radius 1 is 1.18 bits per heavy atom. The molecule has 3 rings (SSSR count). The zero-order valence-corrected chi connectivity index (χ0v) is 16.7. The van der Waals surface area contributed by atoms with Gasteiger partial charge in [-0.25, -0.2) is 4.39 Å². The van der Waals surface area contributed by atoms with Gasteiger partial charge in [0.1, 0.15) is 5.82 Å². The van der Waals surface area contributed by atoms with Crippen molar-refractivity contribution in [3.05, 3.63) is 82.4 Å². The number of amides is 1. The number of anilines is 1. The molecule has 1 amide bonds. The molecule has 0 aliphatic rings. The molecule has 0 bridgehead atoms. The van der Waals surface area contributed by atoms with E-state index in [4.69, 9.17) is 12.2 Å². The first kappa shape index (κ1) is 19.7. The lowest BCUT2D eigenvalue weighted by Gasteiger charge is -2.10. The van der Waals surface area contributed by atoms with Gasteiger partial charge in [-0.15, -0.1) is 0 Å². The second-order valence-electron chi connectivity index (χ2n) is 6.57. The molecule has 0 atom stereocenters. The third-order valence-electron chi connectivity index (χ3n) is 4.57. The summed E-state index contributed by atoms with van der Waals surface area (Å²) < 4.78 is 15.1. The summed E-state index contributed by atoms with van der Waals surface area (Å²) in [6.07, 6.45) is 0.798. The van der Waals surface area contributed by atoms with Gasteiger partial charge in [-0.1, -0.05) is 18.2 Å². The summed E-state index contributed by atoms with van der Waals surface area (Å²) in [4.78, 5) is 12.1. The van der Waals surface area contributed by atoms with E-state index in [1.165, 1.54) is 23.8 Å². The van der Waals surface area contributed by atoms with Crippen LogP contribution in [0.1, 0.15) is 32.9 Å². The fourth-order valence-corrected chi connectivity index (χ4v) is 3.16. The van der Waals surface area contributed by atoms with E-state index in [2.05, 4.69) is 22.7 Å². The Morgan fingerprint density at radius 2 is 1.89 bits per heavy atom. The summed E-state index contributed by atoms with van der Waals surface area (Å²) in [7, 11) is 1.94. The van der Waals surface area contributed by atoms with Crippen molar-refractivity contribution in [2.45, 2.75) is 20.3 Å². The van der Waals surface area contributed by atoms with Crippen LogP contribution in [0.4, 0.5) is 10.1 Å². The van der Waals surface area contributed by atoms with E-state index in [0.717, 1.165) is 35.1 Å². The van der Waals surface area contributed by atoms with Crippen LogP contribution in [0, 0.1) is 19.7 Å². The van der Waals surface area contributed by atoms with Gasteiger partial charge in [-0.3, -0.25) is 14.8 Å². The molecule has 7 heteroatoms. The number of hydrogen-bond acceptors (Lipinski definition) is 3. The molecular weight excluding hydrogens is 375 g/mol. The van der Waals surface area contributed by atoms with Crippen molar-refractivity contribution in [1.29, 1.82) is 0 Å². The summed E-state index contributed by atoms with van der Waals surface area (Å²) in [6.45, 7) is 4.07. The molecule has 0 unspecified atom stereocenters. The molecule has 0 aliphatic heterocycles. The second kappa shape index (κ2) is 8.31. The molecule has 0 fully saturated rings. The molecular formula is C21H21FN4OS. The number of halogens is 1. The number of aromatic nitrogens is 2. The number of nitrogens with one attached hydrogen (secondary N) is 2. The smallest absolute Gasteiger partial charge is 0.257 e. The van der Waals surface area contributed by atoms with E-state index in [0.29, 0.717) is 0 Å². The predicted octanol–water partition coefficient (Wildman–Crippen LogP) is 3.89. The minimum atomic E-state index is -0.471. The minimum absolute atomic E-state index is 0.154. The number of carbonyl (C=O) groups is 1. The fourth-order valence-electron chi connectivity index (χ4n) is 2.95. The standard InChI is InChI=1S/C21H21FN4OS/c1-13-19(14(2)26(3)25-13)11-15-7-9-18(10-8-15)23-21(28)24-20(27)16-5-4-6-17(22)12-16/h4-10,12H,11H2,1-3H3,(H2,23,24,27,28). The van der Waals surface area contributed by atoms with Crippen LogP contribution in [0.5, 0.6) is 0 Å². The molecule has 0 radical (unpaired) electrons. The van der Waals surface area contributed by atoms with E-state index in [1.54, 1.807) is 0 Å². The van der Waals surface area contributed by atoms with Gasteiger partial charge < -0.3 is 5.32 Å². The van der Waals surface area contributed by atoms with Crippen molar-refractivity contribution in [2.75, 3.05) is 5.32 Å². The van der Waals surface area contributed by atoms with E-state index in [-0.39, 0.29) is 10.7 Å². The zero-order chi connectivity index (χ0) is 20.3. The predicted molar refractivity (Wildman–Crippen MR) is 112 cm³/mol. The van der Waals surface area contributed by atoms with E-state index in [1.807, 2.05) is 42.9 Å². The molecule has 0 aliphatic carbocycles. The summed E-state index contributed by atoms with van der Waals surface area (Å²) in [5.41, 5.74) is 5.53. The molecule has 2 aromatic carbocycles. The van der Waals surface area contributed by atoms with Crippen LogP contribution >= 0.6 is 12.2 Å². The largest absolute Gasteiger partial charge is 0.332 e. The molecule has 0 saturated heterocycles. The van der Waals surface area contributed by atoms with Gasteiger partial charge in [0.15, 0.2) is 5.11 Å². The lowest BCUT2D eigenvalue weighted by Crippen LogP contribution is -2.34. The lowest BCUT2D eigenvalue weighted by molar-refractivity contribution is 0.0977. The maximum atomic E-state index is 13.2. The third-order valence-corrected chi connectivity index (χ3v) is 4.77. The molecule has 3 aromatic rings. The van der Waals surface area contributed by atoms with Crippen LogP contribution < -0.4 is 10.6 Å². The first-order valence-corrected chi connectivity index (χ1v) is 9.20. The number of hydrogen-bond donors (Lipinski definition) is 2. The number of benzene rings is 2. The van der Waals surface area contributed by atoms with Gasteiger partial charge in [0.2, 0.25) is 0 Å². The topological polar surface area (TPSA) is 59.0 Å². The monoisotopic (exact) mass is 396 g/mol. The SMILES string of the molecule is Cc1nn(C)c(C)c1Cc1ccc(NC(=S)NC(=O)c2cccc(F)c2)cc1. The Morgan fingerprint density at radius 3 is 2.50 bits per heavy atom. The van der Waals surface area contributed by atoms with E-state index < -0.39 is 11.7 Å². The molecule has 28 heavy (non-hydrogen) atoms. The van der Waals surface area contributed by atoms with Gasteiger partial charge in [-0.05, 0) is 62.0 Å². The maximum Gasteiger partial charge on any atom is 0.257 e. The van der Waals surface area contributed by atoms with Crippen molar-refractivity contribution in [1.82, 2.24) is 15.1 Å². The van der Waals surface area contributed by atoms with Crippen LogP contribution in [-0.2, 0) is 13.5 Å². The number of carbonyl (C=O) groups excluding carboxylic acids is 1. The molecule has 2 N–H and O–H groups in total. The summed E-state index contributed by atoms with van der Waals surface area (Å²) in [5, 5.41) is 10.1. The molecule has 5 nitrogen and oxygen atoms in total. The minimum Gasteiger partial charge on any atom is -0.332 e. The van der Waals surface area contributed by atoms with Gasteiger partial charge in [0.05, 0.1) is 5.69 Å². The Labute approximate surface area is 168 Å². The van der Waals surface area contributed by atoms with Crippen LogP contribution in [-0.4, -0.2) is 20.8 Å². The number of nitrogens with zero attached hydrogens (tertiary/aromatic N) is 2. The summed E-state index contributed by atoms with van der Waals surface area (Å²) in [6, 6.07) is 13.3. The first-order chi connectivity index (χ1) is 13.3. The quantitative estimate of drug-likeness (QED) is 0.657. The summed E-state index contributed by atoms with van der Waals surface area (Å²) >= 11 is 5.17. The maximum absolute atomic E-state index is 13.2. The third kappa shape index (κ3) is 4.61. The molecule has 0 saturated carbocycles. The van der Waals surface area contributed by atoms with Crippen molar-refractivity contribution < 1.29 is 9.18 Å². The van der Waals surface area contributed by atoms with Crippen LogP contribution in [0.3, 0.4) is 0 Å². The van der Waals surface area contributed by atoms with Crippen molar-refractivity contribution in [3.63, 3.8) is 0 Å². The average Bonchev–Trinajstić information content (AvgIpc) is 2.89. The molecule has 144 valence electrons. The van der Waals surface area contributed by atoms with Gasteiger partial charge in [-0.2, -0.15) is 5.10 Å². The van der Waals surface area contributed by atoms with Crippen LogP contribution in [0.25, 0.3) is 0 Å². The molecule has 0 spiro atoms. The lowest BCUT2D eigenvalue weighted by atomic mass is 10.0. The summed E-state index contributed by atoms with van der Waals surface area (Å²) in [5.74, 6) is -0.933. The van der Waals surface area contributed by atoms with Crippen molar-refractivity contribution in [2.24, 2.45) is 7.05 Å². The van der Waals surface area contributed by atoms with E-state index >= 15 is 0 Å². The number of rotatable bonds is 4. The molecule has 1 heterocycles. The fraction of sp³-hybridized carbons (Fsp3) is 0.190. The number of aryl methyl sites for hydroxylation is 2. The Hall–Kier alpha value is -3.06. The second-order valence-corrected chi connectivity index (χ2v) is 6.97. The Bertz CT molecular complexity index is 1030. The highest BCUT2D eigenvalue weighted by Crippen LogP contribution is 2.18. The Kier molecular flexibility index (Phi) is 5.84. The van der Waals surface area contributed by atoms with Crippen LogP contribution in [0.2, 0.25) is 0 Å². The van der Waals surface area contributed by atoms with E-state index in [9.17, 15) is 9.18 Å². The van der Waals surface area contributed by atoms with Gasteiger partial charge in [0.25, 0.3) is 5.91 Å². The average molecular weight is 396 g/mol. The normalized spacial score (nSPS) is 10.6. The van der Waals surface area contributed by atoms with Crippen LogP contribution in [0.15, 0.2) is 48.5 Å². The molecule has 1 aromatic heterocycles. The van der Waals surface area contributed by atoms with Gasteiger partial charge >= 0.3 is 0 Å². The highest BCUT2D eigenvalue weighted by molar-refractivity contribution is 7.80. The first-order valence-electron chi connectivity index (χ1n) is 8.79. The van der Waals surface area contributed by atoms with Gasteiger partial charge in [0, 0.05) is 36.0 Å². The zero-order valence-electron chi connectivity index (χ0n) is 15.9. The Balaban J connectivity index is 1.60. The number of thiocarbonyl (C=S) groups is 1. The van der Waals surface area contributed by atoms with Crippen molar-refractivity contribution in [3.8, 4) is 0 Å². The highest BCUT2D eigenvalue weighted by Gasteiger charge is 2.11. The highest BCUT2D eigenvalue weighted by atomic mass is 32.1. The van der Waals surface area contributed by atoms with Crippen molar-refractivity contribution >= 4 is 28.9 Å².